The summed E-state index contributed by atoms with van der Waals surface area (Å²) in [6.07, 6.45) is 0.544. The minimum absolute atomic E-state index is 0.121. The van der Waals surface area contributed by atoms with Crippen LogP contribution in [-0.2, 0) is 10.0 Å². The summed E-state index contributed by atoms with van der Waals surface area (Å²) in [5.74, 6) is -2.21. The number of aliphatic hydroxyl groups excluding tert-OH is 1. The van der Waals surface area contributed by atoms with Crippen molar-refractivity contribution in [3.63, 3.8) is 0 Å². The van der Waals surface area contributed by atoms with Gasteiger partial charge in [-0.1, -0.05) is 6.07 Å². The average Bonchev–Trinajstić information content (AvgIpc) is 2.24. The van der Waals surface area contributed by atoms with Gasteiger partial charge in [-0.15, -0.1) is 0 Å². The number of nitrogens with one attached hydrogen (secondary N) is 1. The Kier molecular flexibility index (Phi) is 4.83. The molecule has 0 aromatic heterocycles. The minimum atomic E-state index is -3.79. The van der Waals surface area contributed by atoms with E-state index in [1.807, 2.05) is 4.72 Å². The number of rotatable bonds is 6. The van der Waals surface area contributed by atoms with Crippen molar-refractivity contribution < 1.29 is 22.3 Å². The molecule has 0 amide bonds. The molecule has 0 aliphatic heterocycles. The molecule has 0 heterocycles. The van der Waals surface area contributed by atoms with E-state index < -0.39 is 27.3 Å². The van der Waals surface area contributed by atoms with Crippen molar-refractivity contribution in [2.45, 2.75) is 12.8 Å². The molecular formula is C10H13F2NO3S. The summed E-state index contributed by atoms with van der Waals surface area (Å²) in [5, 5.41) is 8.51. The zero-order valence-corrected chi connectivity index (χ0v) is 9.80. The molecule has 0 unspecified atom stereocenters. The first-order valence-corrected chi connectivity index (χ1v) is 6.67. The normalized spacial score (nSPS) is 11.5. The summed E-state index contributed by atoms with van der Waals surface area (Å²) in [5.41, 5.74) is -0.670. The molecule has 0 saturated heterocycles. The van der Waals surface area contributed by atoms with Gasteiger partial charge in [0.2, 0.25) is 10.0 Å². The molecule has 1 aromatic rings. The summed E-state index contributed by atoms with van der Waals surface area (Å²) in [4.78, 5) is 0. The predicted molar refractivity (Wildman–Crippen MR) is 60.1 cm³/mol. The predicted octanol–water partition coefficient (Wildman–Crippen LogP) is 1.48. The Morgan fingerprint density at radius 2 is 1.76 bits per heavy atom. The summed E-state index contributed by atoms with van der Waals surface area (Å²) in [7, 11) is -3.79. The second-order valence-corrected chi connectivity index (χ2v) is 5.29. The monoisotopic (exact) mass is 265 g/mol. The Morgan fingerprint density at radius 1 is 1.18 bits per heavy atom. The van der Waals surface area contributed by atoms with E-state index in [0.29, 0.717) is 6.42 Å². The third-order valence-electron chi connectivity index (χ3n) is 2.04. The number of sulfonamides is 1. The van der Waals surface area contributed by atoms with Crippen molar-refractivity contribution in [1.29, 1.82) is 0 Å². The second-order valence-electron chi connectivity index (χ2n) is 3.45. The first kappa shape index (κ1) is 13.9. The standard InChI is InChI=1S/C10H13F2NO3S/c11-8-4-3-5-9(12)10(8)13-17(15,16)7-2-1-6-14/h3-5,13-14H,1-2,6-7H2. The fourth-order valence-corrected chi connectivity index (χ4v) is 2.40. The molecule has 4 nitrogen and oxygen atoms in total. The van der Waals surface area contributed by atoms with Crippen LogP contribution in [0.5, 0.6) is 0 Å². The fraction of sp³-hybridized carbons (Fsp3) is 0.400. The second kappa shape index (κ2) is 5.92. The third-order valence-corrected chi connectivity index (χ3v) is 3.38. The van der Waals surface area contributed by atoms with Crippen LogP contribution in [0.3, 0.4) is 0 Å². The maximum atomic E-state index is 13.2. The lowest BCUT2D eigenvalue weighted by Gasteiger charge is -2.09. The van der Waals surface area contributed by atoms with Crippen molar-refractivity contribution in [2.75, 3.05) is 17.1 Å². The summed E-state index contributed by atoms with van der Waals surface area (Å²) in [6.45, 7) is -0.121. The fourth-order valence-electron chi connectivity index (χ4n) is 1.21. The maximum absolute atomic E-state index is 13.2. The van der Waals surface area contributed by atoms with Crippen molar-refractivity contribution in [3.05, 3.63) is 29.8 Å². The Hall–Kier alpha value is -1.21. The quantitative estimate of drug-likeness (QED) is 0.766. The summed E-state index contributed by atoms with van der Waals surface area (Å²) in [6, 6.07) is 3.08. The van der Waals surface area contributed by atoms with Gasteiger partial charge in [-0.25, -0.2) is 17.2 Å². The van der Waals surface area contributed by atoms with Gasteiger partial charge in [-0.2, -0.15) is 0 Å². The van der Waals surface area contributed by atoms with Crippen LogP contribution in [0.2, 0.25) is 0 Å². The molecule has 0 spiro atoms. The van der Waals surface area contributed by atoms with E-state index in [2.05, 4.69) is 0 Å². The van der Waals surface area contributed by atoms with E-state index in [-0.39, 0.29) is 18.8 Å². The summed E-state index contributed by atoms with van der Waals surface area (Å²) >= 11 is 0. The number of aliphatic hydroxyl groups is 1. The molecule has 1 aromatic carbocycles. The molecule has 0 aliphatic rings. The highest BCUT2D eigenvalue weighted by atomic mass is 32.2. The van der Waals surface area contributed by atoms with Crippen LogP contribution in [-0.4, -0.2) is 25.9 Å². The van der Waals surface area contributed by atoms with Gasteiger partial charge in [0.1, 0.15) is 17.3 Å². The molecule has 2 N–H and O–H groups in total. The molecular weight excluding hydrogens is 252 g/mol. The van der Waals surface area contributed by atoms with Crippen LogP contribution in [0.4, 0.5) is 14.5 Å². The highest BCUT2D eigenvalue weighted by molar-refractivity contribution is 7.92. The molecule has 1 rings (SSSR count). The number of para-hydroxylation sites is 1. The molecule has 7 heteroatoms. The lowest BCUT2D eigenvalue weighted by molar-refractivity contribution is 0.287. The van der Waals surface area contributed by atoms with Gasteiger partial charge in [0.25, 0.3) is 0 Å². The van der Waals surface area contributed by atoms with Gasteiger partial charge >= 0.3 is 0 Å². The third kappa shape index (κ3) is 4.27. The zero-order valence-electron chi connectivity index (χ0n) is 8.99. The topological polar surface area (TPSA) is 66.4 Å². The lowest BCUT2D eigenvalue weighted by atomic mass is 10.3. The number of hydrogen-bond donors (Lipinski definition) is 2. The van der Waals surface area contributed by atoms with Crippen LogP contribution < -0.4 is 4.72 Å². The van der Waals surface area contributed by atoms with Gasteiger partial charge < -0.3 is 5.11 Å². The first-order chi connectivity index (χ1) is 7.96. The highest BCUT2D eigenvalue weighted by Crippen LogP contribution is 2.19. The molecule has 0 bridgehead atoms. The number of hydrogen-bond acceptors (Lipinski definition) is 3. The van der Waals surface area contributed by atoms with Crippen LogP contribution in [0.1, 0.15) is 12.8 Å². The van der Waals surface area contributed by atoms with Gasteiger partial charge in [0, 0.05) is 6.61 Å². The molecule has 0 atom stereocenters. The van der Waals surface area contributed by atoms with Crippen LogP contribution >= 0.6 is 0 Å². The minimum Gasteiger partial charge on any atom is -0.396 e. The molecule has 17 heavy (non-hydrogen) atoms. The molecule has 0 radical (unpaired) electrons. The van der Waals surface area contributed by atoms with Gasteiger partial charge in [0.05, 0.1) is 5.75 Å². The van der Waals surface area contributed by atoms with E-state index in [1.54, 1.807) is 0 Å². The number of benzene rings is 1. The van der Waals surface area contributed by atoms with Crippen molar-refractivity contribution in [2.24, 2.45) is 0 Å². The van der Waals surface area contributed by atoms with Crippen LogP contribution in [0.25, 0.3) is 0 Å². The van der Waals surface area contributed by atoms with E-state index in [1.165, 1.54) is 0 Å². The molecule has 0 aliphatic carbocycles. The van der Waals surface area contributed by atoms with Crippen LogP contribution in [0, 0.1) is 11.6 Å². The molecule has 0 saturated carbocycles. The largest absolute Gasteiger partial charge is 0.396 e. The Morgan fingerprint density at radius 3 is 2.29 bits per heavy atom. The molecule has 0 fully saturated rings. The van der Waals surface area contributed by atoms with Gasteiger partial charge in [-0.05, 0) is 25.0 Å². The van der Waals surface area contributed by atoms with Crippen LogP contribution in [0.15, 0.2) is 18.2 Å². The van der Waals surface area contributed by atoms with Gasteiger partial charge in [0.15, 0.2) is 0 Å². The molecule has 96 valence electrons. The zero-order chi connectivity index (χ0) is 12.9. The van der Waals surface area contributed by atoms with E-state index >= 15 is 0 Å². The van der Waals surface area contributed by atoms with Gasteiger partial charge in [-0.3, -0.25) is 4.72 Å². The summed E-state index contributed by atoms with van der Waals surface area (Å²) < 4.78 is 51.1. The Bertz CT molecular complexity index is 456. The van der Waals surface area contributed by atoms with Crippen molar-refractivity contribution in [1.82, 2.24) is 0 Å². The SMILES string of the molecule is O=S(=O)(CCCCO)Nc1c(F)cccc1F. The lowest BCUT2D eigenvalue weighted by Crippen LogP contribution is -2.18. The van der Waals surface area contributed by atoms with E-state index in [0.717, 1.165) is 18.2 Å². The highest BCUT2D eigenvalue weighted by Gasteiger charge is 2.16. The van der Waals surface area contributed by atoms with Crippen molar-refractivity contribution in [3.8, 4) is 0 Å². The first-order valence-electron chi connectivity index (χ1n) is 5.01. The van der Waals surface area contributed by atoms with Crippen molar-refractivity contribution >= 4 is 15.7 Å². The smallest absolute Gasteiger partial charge is 0.232 e. The number of halogens is 2. The van der Waals surface area contributed by atoms with E-state index in [4.69, 9.17) is 5.11 Å². The maximum Gasteiger partial charge on any atom is 0.232 e. The van der Waals surface area contributed by atoms with E-state index in [9.17, 15) is 17.2 Å². The Labute approximate surface area is 98.3 Å². The number of anilines is 1. The average molecular weight is 265 g/mol. The Balaban J connectivity index is 2.76. The number of unbranched alkanes of at least 4 members (excludes halogenated alkanes) is 1.